The highest BCUT2D eigenvalue weighted by Crippen LogP contribution is 2.19. The number of unbranched alkanes of at least 4 members (excludes halogenated alkanes) is 44. The third-order valence-corrected chi connectivity index (χ3v) is 15.5. The van der Waals surface area contributed by atoms with Crippen LogP contribution in [-0.4, -0.2) is 36.4 Å². The smallest absolute Gasteiger partial charge is 0.306 e. The van der Waals surface area contributed by atoms with Gasteiger partial charge in [0.1, 0.15) is 6.61 Å². The van der Waals surface area contributed by atoms with Crippen molar-refractivity contribution < 1.29 is 24.2 Å². The number of hydrogen-bond acceptors (Lipinski definition) is 5. The van der Waals surface area contributed by atoms with E-state index in [0.29, 0.717) is 12.8 Å². The van der Waals surface area contributed by atoms with E-state index in [4.69, 9.17) is 9.47 Å². The first-order valence-corrected chi connectivity index (χ1v) is 34.5. The Morgan fingerprint density at radius 1 is 0.308 bits per heavy atom. The summed E-state index contributed by atoms with van der Waals surface area (Å²) in [4.78, 5) is 24.6. The van der Waals surface area contributed by atoms with Crippen LogP contribution in [0.4, 0.5) is 0 Å². The molecule has 78 heavy (non-hydrogen) atoms. The molecule has 0 fully saturated rings. The van der Waals surface area contributed by atoms with E-state index < -0.39 is 6.10 Å². The summed E-state index contributed by atoms with van der Waals surface area (Å²) in [6.45, 7) is 4.06. The fourth-order valence-electron chi connectivity index (χ4n) is 10.4. The maximum atomic E-state index is 12.3. The SMILES string of the molecule is CC/C=C\C/C=C\C/C=C\C/C=C\C/C=C\C/C=C\CCCCCCCCC(=O)OC(CO)COC(=O)CCCCCCCCCCCCCCCCCCCCCCCCCCCCCCCCCCCCCCCCC. The summed E-state index contributed by atoms with van der Waals surface area (Å²) in [5.74, 6) is -0.596. The van der Waals surface area contributed by atoms with E-state index in [9.17, 15) is 14.7 Å². The zero-order valence-electron chi connectivity index (χ0n) is 52.2. The van der Waals surface area contributed by atoms with E-state index in [-0.39, 0.29) is 25.2 Å². The molecule has 0 aromatic heterocycles. The molecule has 454 valence electrons. The minimum Gasteiger partial charge on any atom is -0.462 e. The van der Waals surface area contributed by atoms with Gasteiger partial charge in [0.2, 0.25) is 0 Å². The van der Waals surface area contributed by atoms with Crippen molar-refractivity contribution in [3.05, 3.63) is 72.9 Å². The minimum absolute atomic E-state index is 0.0718. The Balaban J connectivity index is 3.41. The third-order valence-electron chi connectivity index (χ3n) is 15.5. The van der Waals surface area contributed by atoms with Crippen molar-refractivity contribution in [1.29, 1.82) is 0 Å². The van der Waals surface area contributed by atoms with E-state index in [1.54, 1.807) is 0 Å². The standard InChI is InChI=1S/C73H132O5/c1-3-5-7-9-11-13-15-17-19-21-23-25-27-29-30-31-32-33-34-35-36-37-38-39-40-41-42-44-45-47-49-51-53-55-57-59-61-63-65-67-72(75)77-70-71(69-74)78-73(76)68-66-64-62-60-58-56-54-52-50-48-46-43-28-26-24-22-20-18-16-14-12-10-8-6-4-2/h6,8,12,14,18,20,24,26,43,46,50,52,71,74H,3-5,7,9-11,13,15-17,19,21-23,25,27-42,44-45,47-49,51,53-70H2,1-2H3/b8-6-,14-12-,20-18-,26-24-,46-43-,52-50-. The van der Waals surface area contributed by atoms with Gasteiger partial charge in [0.05, 0.1) is 6.61 Å². The van der Waals surface area contributed by atoms with Crippen LogP contribution >= 0.6 is 0 Å². The first-order chi connectivity index (χ1) is 38.6. The quantitative estimate of drug-likeness (QED) is 0.0373. The van der Waals surface area contributed by atoms with Crippen LogP contribution < -0.4 is 0 Å². The number of rotatable bonds is 64. The third kappa shape index (κ3) is 65.9. The van der Waals surface area contributed by atoms with Crippen molar-refractivity contribution in [2.24, 2.45) is 0 Å². The van der Waals surface area contributed by atoms with Crippen LogP contribution in [-0.2, 0) is 19.1 Å². The summed E-state index contributed by atoms with van der Waals surface area (Å²) in [5, 5.41) is 9.68. The lowest BCUT2D eigenvalue weighted by molar-refractivity contribution is -0.161. The molecule has 5 heteroatoms. The second-order valence-corrected chi connectivity index (χ2v) is 23.2. The predicted molar refractivity (Wildman–Crippen MR) is 343 cm³/mol. The molecule has 0 spiro atoms. The largest absolute Gasteiger partial charge is 0.462 e. The number of esters is 2. The van der Waals surface area contributed by atoms with Crippen LogP contribution in [0.5, 0.6) is 0 Å². The fraction of sp³-hybridized carbons (Fsp3) is 0.808. The molecule has 1 atom stereocenters. The van der Waals surface area contributed by atoms with Gasteiger partial charge in [0.25, 0.3) is 0 Å². The van der Waals surface area contributed by atoms with Crippen molar-refractivity contribution in [3.63, 3.8) is 0 Å². The average Bonchev–Trinajstić information content (AvgIpc) is 3.44. The van der Waals surface area contributed by atoms with Crippen molar-refractivity contribution in [2.75, 3.05) is 13.2 Å². The second kappa shape index (κ2) is 68.6. The molecule has 1 unspecified atom stereocenters. The normalized spacial score (nSPS) is 12.6. The molecule has 0 aliphatic rings. The van der Waals surface area contributed by atoms with Crippen molar-refractivity contribution in [2.45, 2.75) is 367 Å². The van der Waals surface area contributed by atoms with Gasteiger partial charge in [-0.3, -0.25) is 9.59 Å². The Morgan fingerprint density at radius 3 is 0.833 bits per heavy atom. The maximum absolute atomic E-state index is 12.3. The molecule has 0 heterocycles. The van der Waals surface area contributed by atoms with Gasteiger partial charge in [0.15, 0.2) is 6.10 Å². The summed E-state index contributed by atoms with van der Waals surface area (Å²) >= 11 is 0. The van der Waals surface area contributed by atoms with Crippen LogP contribution in [0.1, 0.15) is 361 Å². The first kappa shape index (κ1) is 75.3. The highest BCUT2D eigenvalue weighted by atomic mass is 16.6. The number of aliphatic hydroxyl groups is 1. The zero-order valence-corrected chi connectivity index (χ0v) is 52.2. The zero-order chi connectivity index (χ0) is 56.2. The van der Waals surface area contributed by atoms with Gasteiger partial charge in [-0.05, 0) is 64.2 Å². The molecule has 0 amide bonds. The predicted octanol–water partition coefficient (Wildman–Crippen LogP) is 23.9. The molecule has 1 N–H and O–H groups in total. The maximum Gasteiger partial charge on any atom is 0.306 e. The lowest BCUT2D eigenvalue weighted by atomic mass is 10.0. The number of carbonyl (C=O) groups is 2. The molecule has 0 aromatic rings. The Labute approximate surface area is 486 Å². The molecular formula is C73H132O5. The van der Waals surface area contributed by atoms with Crippen molar-refractivity contribution in [1.82, 2.24) is 0 Å². The van der Waals surface area contributed by atoms with Crippen LogP contribution in [0.25, 0.3) is 0 Å². The number of ether oxygens (including phenoxy) is 2. The molecule has 0 saturated carbocycles. The molecule has 5 nitrogen and oxygen atoms in total. The lowest BCUT2D eigenvalue weighted by Gasteiger charge is -2.15. The first-order valence-electron chi connectivity index (χ1n) is 34.5. The number of allylic oxidation sites excluding steroid dienone is 12. The molecule has 0 aromatic carbocycles. The van der Waals surface area contributed by atoms with E-state index in [2.05, 4.69) is 86.8 Å². The summed E-state index contributed by atoms with van der Waals surface area (Å²) in [5.41, 5.74) is 0. The van der Waals surface area contributed by atoms with Gasteiger partial charge in [-0.1, -0.05) is 356 Å². The van der Waals surface area contributed by atoms with E-state index in [1.165, 1.54) is 250 Å². The van der Waals surface area contributed by atoms with Gasteiger partial charge in [-0.25, -0.2) is 0 Å². The van der Waals surface area contributed by atoms with Crippen molar-refractivity contribution in [3.8, 4) is 0 Å². The molecule has 0 bridgehead atoms. The lowest BCUT2D eigenvalue weighted by Crippen LogP contribution is -2.28. The molecule has 0 radical (unpaired) electrons. The number of carbonyl (C=O) groups excluding carboxylic acids is 2. The van der Waals surface area contributed by atoms with Crippen LogP contribution in [0.3, 0.4) is 0 Å². The van der Waals surface area contributed by atoms with E-state index >= 15 is 0 Å². The highest BCUT2D eigenvalue weighted by Gasteiger charge is 2.16. The molecular weight excluding hydrogens is 957 g/mol. The molecule has 0 rings (SSSR count). The van der Waals surface area contributed by atoms with E-state index in [1.807, 2.05) is 0 Å². The van der Waals surface area contributed by atoms with Gasteiger partial charge in [-0.15, -0.1) is 0 Å². The monoisotopic (exact) mass is 1090 g/mol. The van der Waals surface area contributed by atoms with Gasteiger partial charge < -0.3 is 14.6 Å². The Bertz CT molecular complexity index is 1370. The van der Waals surface area contributed by atoms with Gasteiger partial charge >= 0.3 is 11.9 Å². The summed E-state index contributed by atoms with van der Waals surface area (Å²) < 4.78 is 10.7. The highest BCUT2D eigenvalue weighted by molar-refractivity contribution is 5.70. The topological polar surface area (TPSA) is 72.8 Å². The average molecular weight is 1090 g/mol. The summed E-state index contributed by atoms with van der Waals surface area (Å²) in [6.07, 6.45) is 95.2. The van der Waals surface area contributed by atoms with Crippen LogP contribution in [0.2, 0.25) is 0 Å². The number of aliphatic hydroxyl groups excluding tert-OH is 1. The van der Waals surface area contributed by atoms with Crippen LogP contribution in [0.15, 0.2) is 72.9 Å². The van der Waals surface area contributed by atoms with Gasteiger partial charge in [0, 0.05) is 12.8 Å². The van der Waals surface area contributed by atoms with E-state index in [0.717, 1.165) is 83.5 Å². The minimum atomic E-state index is -0.784. The number of hydrogen-bond donors (Lipinski definition) is 1. The van der Waals surface area contributed by atoms with Gasteiger partial charge in [-0.2, -0.15) is 0 Å². The molecule has 0 aliphatic heterocycles. The van der Waals surface area contributed by atoms with Crippen molar-refractivity contribution >= 4 is 11.9 Å². The fourth-order valence-corrected chi connectivity index (χ4v) is 10.4. The Hall–Kier alpha value is -2.66. The molecule has 0 saturated heterocycles. The Kier molecular flexibility index (Phi) is 66.3. The Morgan fingerprint density at radius 2 is 0.551 bits per heavy atom. The summed E-state index contributed by atoms with van der Waals surface area (Å²) in [6, 6.07) is 0. The summed E-state index contributed by atoms with van der Waals surface area (Å²) in [7, 11) is 0. The molecule has 0 aliphatic carbocycles. The van der Waals surface area contributed by atoms with Crippen LogP contribution in [0, 0.1) is 0 Å². The second-order valence-electron chi connectivity index (χ2n) is 23.2.